The Morgan fingerprint density at radius 2 is 1.85 bits per heavy atom. The lowest BCUT2D eigenvalue weighted by Crippen LogP contribution is -2.47. The third-order valence-corrected chi connectivity index (χ3v) is 5.13. The Morgan fingerprint density at radius 3 is 2.67 bits per heavy atom. The van der Waals surface area contributed by atoms with Gasteiger partial charge in [-0.15, -0.1) is 0 Å². The van der Waals surface area contributed by atoms with Crippen LogP contribution in [0.1, 0.15) is 0 Å². The van der Waals surface area contributed by atoms with E-state index in [-0.39, 0.29) is 10.6 Å². The Morgan fingerprint density at radius 1 is 1.04 bits per heavy atom. The Labute approximate surface area is 157 Å². The molecule has 1 saturated heterocycles. The molecule has 4 rings (SSSR count). The minimum Gasteiger partial charge on any atom is -0.378 e. The van der Waals surface area contributed by atoms with Gasteiger partial charge in [0.15, 0.2) is 0 Å². The number of hydrogen-bond acceptors (Lipinski definition) is 5. The van der Waals surface area contributed by atoms with Crippen molar-refractivity contribution in [2.75, 3.05) is 49.5 Å². The average molecular weight is 365 g/mol. The van der Waals surface area contributed by atoms with Crippen molar-refractivity contribution >= 4 is 28.0 Å². The van der Waals surface area contributed by atoms with Gasteiger partial charge in [0.1, 0.15) is 5.69 Å². The van der Waals surface area contributed by atoms with Gasteiger partial charge in [-0.3, -0.25) is 15.0 Å². The minimum absolute atomic E-state index is 0.127. The number of anilines is 2. The molecule has 1 aliphatic rings. The smallest absolute Gasteiger partial charge is 0.292 e. The van der Waals surface area contributed by atoms with Gasteiger partial charge in [-0.1, -0.05) is 18.2 Å². The Hall–Kier alpha value is -3.06. The molecule has 7 heteroatoms. The van der Waals surface area contributed by atoms with Gasteiger partial charge >= 0.3 is 0 Å². The number of nitro groups is 1. The number of aromatic nitrogens is 1. The first-order valence-corrected chi connectivity index (χ1v) is 9.23. The molecule has 0 bridgehead atoms. The van der Waals surface area contributed by atoms with Crippen LogP contribution in [0.4, 0.5) is 17.1 Å². The topological polar surface area (TPSA) is 77.4 Å². The number of hydrogen-bond donors (Lipinski definition) is 2. The Balaban J connectivity index is 1.30. The number of H-pyrrole nitrogens is 1. The van der Waals surface area contributed by atoms with Crippen molar-refractivity contribution in [3.63, 3.8) is 0 Å². The predicted octanol–water partition coefficient (Wildman–Crippen LogP) is 3.31. The third kappa shape index (κ3) is 3.73. The number of nitro benzene ring substituents is 1. The van der Waals surface area contributed by atoms with Crippen LogP contribution in [0.5, 0.6) is 0 Å². The minimum atomic E-state index is -0.345. The zero-order chi connectivity index (χ0) is 18.6. The monoisotopic (exact) mass is 365 g/mol. The first-order valence-electron chi connectivity index (χ1n) is 9.23. The highest BCUT2D eigenvalue weighted by molar-refractivity contribution is 5.92. The van der Waals surface area contributed by atoms with Gasteiger partial charge in [-0.25, -0.2) is 0 Å². The lowest BCUT2D eigenvalue weighted by atomic mass is 10.1. The van der Waals surface area contributed by atoms with Crippen molar-refractivity contribution in [1.82, 2.24) is 9.88 Å². The van der Waals surface area contributed by atoms with Gasteiger partial charge in [0.2, 0.25) is 0 Å². The van der Waals surface area contributed by atoms with Crippen molar-refractivity contribution in [1.29, 1.82) is 0 Å². The SMILES string of the molecule is O=[N+]([O-])c1ccccc1NCCN1CCN(c2cccc3[nH]ccc23)CC1. The summed E-state index contributed by atoms with van der Waals surface area (Å²) in [5.41, 5.74) is 3.16. The van der Waals surface area contributed by atoms with E-state index in [4.69, 9.17) is 0 Å². The Bertz CT molecular complexity index is 931. The van der Waals surface area contributed by atoms with E-state index in [9.17, 15) is 10.1 Å². The van der Waals surface area contributed by atoms with Crippen LogP contribution < -0.4 is 10.2 Å². The van der Waals surface area contributed by atoms with Gasteiger partial charge in [0.25, 0.3) is 5.69 Å². The number of nitrogens with one attached hydrogen (secondary N) is 2. The maximum absolute atomic E-state index is 11.1. The molecule has 0 spiro atoms. The number of rotatable bonds is 6. The van der Waals surface area contributed by atoms with E-state index in [1.807, 2.05) is 12.3 Å². The quantitative estimate of drug-likeness (QED) is 0.518. The second-order valence-electron chi connectivity index (χ2n) is 6.75. The van der Waals surface area contributed by atoms with E-state index in [0.29, 0.717) is 12.2 Å². The van der Waals surface area contributed by atoms with Crippen LogP contribution in [0.3, 0.4) is 0 Å². The summed E-state index contributed by atoms with van der Waals surface area (Å²) in [4.78, 5) is 18.8. The number of piperazine rings is 1. The molecule has 140 valence electrons. The molecule has 0 atom stereocenters. The molecule has 27 heavy (non-hydrogen) atoms. The second-order valence-corrected chi connectivity index (χ2v) is 6.75. The number of benzene rings is 2. The zero-order valence-electron chi connectivity index (χ0n) is 15.1. The van der Waals surface area contributed by atoms with E-state index in [1.165, 1.54) is 22.7 Å². The molecule has 2 aromatic carbocycles. The summed E-state index contributed by atoms with van der Waals surface area (Å²) in [7, 11) is 0. The number of para-hydroxylation sites is 2. The molecule has 7 nitrogen and oxygen atoms in total. The first kappa shape index (κ1) is 17.4. The van der Waals surface area contributed by atoms with Gasteiger partial charge < -0.3 is 15.2 Å². The first-order chi connectivity index (χ1) is 13.2. The standard InChI is InChI=1S/C20H23N5O2/c26-25(27)20-6-2-1-4-18(20)22-10-11-23-12-14-24(15-13-23)19-7-3-5-17-16(19)8-9-21-17/h1-9,21-22H,10-15H2. The molecule has 1 fully saturated rings. The van der Waals surface area contributed by atoms with Crippen LogP contribution in [-0.4, -0.2) is 54.1 Å². The van der Waals surface area contributed by atoms with Crippen molar-refractivity contribution < 1.29 is 4.92 Å². The average Bonchev–Trinajstić information content (AvgIpc) is 3.18. The fourth-order valence-electron chi connectivity index (χ4n) is 3.69. The van der Waals surface area contributed by atoms with Gasteiger partial charge in [0, 0.05) is 68.1 Å². The lowest BCUT2D eigenvalue weighted by molar-refractivity contribution is -0.384. The molecular formula is C20H23N5O2. The van der Waals surface area contributed by atoms with Crippen molar-refractivity contribution in [3.8, 4) is 0 Å². The zero-order valence-corrected chi connectivity index (χ0v) is 15.1. The number of aromatic amines is 1. The van der Waals surface area contributed by atoms with Crippen LogP contribution in [0.2, 0.25) is 0 Å². The summed E-state index contributed by atoms with van der Waals surface area (Å²) in [5.74, 6) is 0. The Kier molecular flexibility index (Phi) is 4.93. The molecule has 0 unspecified atom stereocenters. The second kappa shape index (κ2) is 7.67. The van der Waals surface area contributed by atoms with E-state index in [0.717, 1.165) is 32.7 Å². The summed E-state index contributed by atoms with van der Waals surface area (Å²) in [6.07, 6.45) is 1.98. The molecule has 1 aliphatic heterocycles. The summed E-state index contributed by atoms with van der Waals surface area (Å²) >= 11 is 0. The largest absolute Gasteiger partial charge is 0.378 e. The number of fused-ring (bicyclic) bond motifs is 1. The normalized spacial score (nSPS) is 15.2. The molecule has 0 saturated carbocycles. The fraction of sp³-hybridized carbons (Fsp3) is 0.300. The summed E-state index contributed by atoms with van der Waals surface area (Å²) < 4.78 is 0. The molecule has 2 N–H and O–H groups in total. The van der Waals surface area contributed by atoms with E-state index < -0.39 is 0 Å². The maximum Gasteiger partial charge on any atom is 0.292 e. The number of nitrogens with zero attached hydrogens (tertiary/aromatic N) is 3. The van der Waals surface area contributed by atoms with Crippen LogP contribution in [0.25, 0.3) is 10.9 Å². The van der Waals surface area contributed by atoms with Crippen LogP contribution in [0.15, 0.2) is 54.7 Å². The molecule has 2 heterocycles. The van der Waals surface area contributed by atoms with Gasteiger partial charge in [0.05, 0.1) is 4.92 Å². The maximum atomic E-state index is 11.1. The van der Waals surface area contributed by atoms with E-state index in [1.54, 1.807) is 12.1 Å². The molecule has 0 amide bonds. The van der Waals surface area contributed by atoms with Crippen LogP contribution in [0, 0.1) is 10.1 Å². The van der Waals surface area contributed by atoms with Crippen molar-refractivity contribution in [3.05, 3.63) is 64.8 Å². The van der Waals surface area contributed by atoms with Crippen molar-refractivity contribution in [2.45, 2.75) is 0 Å². The third-order valence-electron chi connectivity index (χ3n) is 5.13. The molecule has 1 aromatic heterocycles. The van der Waals surface area contributed by atoms with Crippen LogP contribution >= 0.6 is 0 Å². The predicted molar refractivity (Wildman–Crippen MR) is 109 cm³/mol. The highest BCUT2D eigenvalue weighted by Crippen LogP contribution is 2.27. The summed E-state index contributed by atoms with van der Waals surface area (Å²) in [6, 6.07) is 15.3. The highest BCUT2D eigenvalue weighted by atomic mass is 16.6. The summed E-state index contributed by atoms with van der Waals surface area (Å²) in [5, 5.41) is 15.6. The molecular weight excluding hydrogens is 342 g/mol. The lowest BCUT2D eigenvalue weighted by Gasteiger charge is -2.36. The molecule has 0 aliphatic carbocycles. The van der Waals surface area contributed by atoms with Gasteiger partial charge in [-0.05, 0) is 24.3 Å². The van der Waals surface area contributed by atoms with Gasteiger partial charge in [-0.2, -0.15) is 0 Å². The fourth-order valence-corrected chi connectivity index (χ4v) is 3.69. The van der Waals surface area contributed by atoms with E-state index >= 15 is 0 Å². The van der Waals surface area contributed by atoms with Crippen molar-refractivity contribution in [2.24, 2.45) is 0 Å². The highest BCUT2D eigenvalue weighted by Gasteiger charge is 2.19. The van der Waals surface area contributed by atoms with E-state index in [2.05, 4.69) is 44.4 Å². The van der Waals surface area contributed by atoms with Crippen LogP contribution in [-0.2, 0) is 0 Å². The molecule has 0 radical (unpaired) electrons. The summed E-state index contributed by atoms with van der Waals surface area (Å²) in [6.45, 7) is 5.50. The molecule has 3 aromatic rings.